The van der Waals surface area contributed by atoms with Crippen LogP contribution in [0.25, 0.3) is 5.70 Å². The Labute approximate surface area is 247 Å². The number of hydrogen-bond donors (Lipinski definition) is 3. The first-order valence-electron chi connectivity index (χ1n) is 14.9. The fraction of sp³-hybridized carbons (Fsp3) is 0.621. The molecule has 1 aliphatic carbocycles. The van der Waals surface area contributed by atoms with E-state index in [4.69, 9.17) is 40.9 Å². The number of morpholine rings is 1. The highest BCUT2D eigenvalue weighted by Crippen LogP contribution is 2.35. The van der Waals surface area contributed by atoms with E-state index in [0.29, 0.717) is 42.2 Å². The van der Waals surface area contributed by atoms with Gasteiger partial charge in [0, 0.05) is 46.1 Å². The van der Waals surface area contributed by atoms with E-state index in [1.165, 1.54) is 36.4 Å². The Morgan fingerprint density at radius 2 is 1.74 bits per heavy atom. The number of pyridine rings is 1. The van der Waals surface area contributed by atoms with Gasteiger partial charge in [0.25, 0.3) is 5.97 Å². The lowest BCUT2D eigenvalue weighted by atomic mass is 9.85. The summed E-state index contributed by atoms with van der Waals surface area (Å²) in [6.45, 7) is 8.29. The standard InChI is InChI=1S/C27H41N9O2.C2H4O2/c1-3-20-22(35-12-5-4-6-13-35)11-10-21(30-20)24(28)23(34(2)29)18-38-27-32-25(19-8-7-9-19)31-26(33-27)36-14-16-37-17-15-36;1-2(3)4/h10-11,19H,3-9,12-18,28-29H2,1-2H3;1H3,(H,3,4)/b24-23-;. The number of piperidine rings is 1. The summed E-state index contributed by atoms with van der Waals surface area (Å²) in [6, 6.07) is 4.41. The quantitative estimate of drug-likeness (QED) is 0.291. The number of carboxylic acid groups (broad SMARTS) is 1. The number of aliphatic carboxylic acids is 1. The largest absolute Gasteiger partial charge is 0.481 e. The second-order valence-electron chi connectivity index (χ2n) is 10.8. The van der Waals surface area contributed by atoms with Crippen LogP contribution in [0.15, 0.2) is 17.8 Å². The molecule has 2 saturated heterocycles. The van der Waals surface area contributed by atoms with Gasteiger partial charge in [-0.15, -0.1) is 0 Å². The molecule has 3 aliphatic rings. The van der Waals surface area contributed by atoms with Crippen molar-refractivity contribution in [3.05, 3.63) is 35.0 Å². The Balaban J connectivity index is 0.000000952. The topological polar surface area (TPSA) is 169 Å². The zero-order valence-corrected chi connectivity index (χ0v) is 25.1. The van der Waals surface area contributed by atoms with Crippen LogP contribution in [0.5, 0.6) is 6.01 Å². The summed E-state index contributed by atoms with van der Waals surface area (Å²) in [5.74, 6) is 7.17. The second-order valence-corrected chi connectivity index (χ2v) is 10.8. The first-order chi connectivity index (χ1) is 20.3. The molecule has 13 nitrogen and oxygen atoms in total. The average molecular weight is 584 g/mol. The number of carboxylic acids is 1. The molecular weight excluding hydrogens is 538 g/mol. The number of nitrogens with two attached hydrogens (primary N) is 2. The van der Waals surface area contributed by atoms with Gasteiger partial charge in [-0.1, -0.05) is 13.3 Å². The number of rotatable bonds is 9. The number of nitrogens with zero attached hydrogens (tertiary/aromatic N) is 7. The highest BCUT2D eigenvalue weighted by molar-refractivity contribution is 5.65. The summed E-state index contributed by atoms with van der Waals surface area (Å²) in [5, 5.41) is 8.90. The third-order valence-corrected chi connectivity index (χ3v) is 7.72. The molecular formula is C29H45N9O4. The van der Waals surface area contributed by atoms with Crippen molar-refractivity contribution in [3.63, 3.8) is 0 Å². The van der Waals surface area contributed by atoms with Gasteiger partial charge in [0.05, 0.1) is 41.7 Å². The monoisotopic (exact) mass is 583 g/mol. The lowest BCUT2D eigenvalue weighted by molar-refractivity contribution is -0.134. The van der Waals surface area contributed by atoms with Crippen LogP contribution in [0.3, 0.4) is 0 Å². The van der Waals surface area contributed by atoms with E-state index in [-0.39, 0.29) is 12.6 Å². The summed E-state index contributed by atoms with van der Waals surface area (Å²) in [7, 11) is 1.75. The number of aryl methyl sites for hydroxylation is 1. The van der Waals surface area contributed by atoms with Crippen LogP contribution in [0.4, 0.5) is 11.6 Å². The summed E-state index contributed by atoms with van der Waals surface area (Å²) < 4.78 is 11.6. The van der Waals surface area contributed by atoms with Crippen molar-refractivity contribution in [1.82, 2.24) is 24.9 Å². The van der Waals surface area contributed by atoms with Gasteiger partial charge in [0.1, 0.15) is 12.4 Å². The number of hydrazine groups is 1. The minimum atomic E-state index is -0.833. The molecule has 2 aromatic heterocycles. The van der Waals surface area contributed by atoms with E-state index in [2.05, 4.69) is 32.8 Å². The average Bonchev–Trinajstić information content (AvgIpc) is 2.96. The molecule has 0 spiro atoms. The van der Waals surface area contributed by atoms with E-state index in [1.807, 2.05) is 6.07 Å². The summed E-state index contributed by atoms with van der Waals surface area (Å²) >= 11 is 0. The predicted octanol–water partition coefficient (Wildman–Crippen LogP) is 2.53. The van der Waals surface area contributed by atoms with Crippen molar-refractivity contribution in [2.24, 2.45) is 11.6 Å². The number of carbonyl (C=O) groups is 1. The molecule has 0 amide bonds. The normalized spacial score (nSPS) is 17.9. The van der Waals surface area contributed by atoms with Crippen LogP contribution >= 0.6 is 0 Å². The maximum atomic E-state index is 9.00. The van der Waals surface area contributed by atoms with Crippen molar-refractivity contribution >= 4 is 23.3 Å². The molecule has 0 bridgehead atoms. The van der Waals surface area contributed by atoms with E-state index in [1.54, 1.807) is 7.05 Å². The van der Waals surface area contributed by atoms with Gasteiger partial charge >= 0.3 is 6.01 Å². The smallest absolute Gasteiger partial charge is 0.321 e. The Morgan fingerprint density at radius 3 is 2.33 bits per heavy atom. The highest BCUT2D eigenvalue weighted by atomic mass is 16.5. The molecule has 2 aliphatic heterocycles. The Hall–Kier alpha value is -3.71. The maximum Gasteiger partial charge on any atom is 0.321 e. The van der Waals surface area contributed by atoms with Crippen molar-refractivity contribution in [2.45, 2.75) is 64.7 Å². The predicted molar refractivity (Wildman–Crippen MR) is 161 cm³/mol. The molecule has 1 saturated carbocycles. The molecule has 3 fully saturated rings. The van der Waals surface area contributed by atoms with Crippen LogP contribution in [-0.2, 0) is 16.0 Å². The number of likely N-dealkylation sites (N-methyl/N-ethyl adjacent to an activating group) is 1. The third kappa shape index (κ3) is 8.19. The number of hydrogen-bond acceptors (Lipinski definition) is 12. The first kappa shape index (κ1) is 31.2. The van der Waals surface area contributed by atoms with Crippen molar-refractivity contribution < 1.29 is 19.4 Å². The van der Waals surface area contributed by atoms with E-state index >= 15 is 0 Å². The fourth-order valence-corrected chi connectivity index (χ4v) is 5.16. The second kappa shape index (κ2) is 15.0. The molecule has 230 valence electrons. The Kier molecular flexibility index (Phi) is 11.1. The van der Waals surface area contributed by atoms with Crippen molar-refractivity contribution in [1.29, 1.82) is 0 Å². The molecule has 2 aromatic rings. The Bertz CT molecular complexity index is 1220. The molecule has 5 N–H and O–H groups in total. The molecule has 42 heavy (non-hydrogen) atoms. The van der Waals surface area contributed by atoms with Crippen LogP contribution < -0.4 is 26.1 Å². The molecule has 5 rings (SSSR count). The SMILES string of the molecule is CC(=O)O.CCc1nc(/C(N)=C(\COc2nc(C3CCC3)nc(N3CCOCC3)n2)N(C)N)ccc1N1CCCCC1. The maximum absolute atomic E-state index is 9.00. The molecule has 0 aromatic carbocycles. The number of ether oxygens (including phenoxy) is 2. The van der Waals surface area contributed by atoms with Gasteiger partial charge in [-0.2, -0.15) is 15.0 Å². The minimum absolute atomic E-state index is 0.118. The minimum Gasteiger partial charge on any atom is -0.481 e. The molecule has 0 atom stereocenters. The molecule has 4 heterocycles. The van der Waals surface area contributed by atoms with Crippen LogP contribution in [-0.4, -0.2) is 89.1 Å². The van der Waals surface area contributed by atoms with E-state index in [0.717, 1.165) is 63.9 Å². The Morgan fingerprint density at radius 1 is 1.05 bits per heavy atom. The van der Waals surface area contributed by atoms with Gasteiger partial charge in [0.15, 0.2) is 0 Å². The van der Waals surface area contributed by atoms with Gasteiger partial charge in [0.2, 0.25) is 5.95 Å². The highest BCUT2D eigenvalue weighted by Gasteiger charge is 2.26. The fourth-order valence-electron chi connectivity index (χ4n) is 5.16. The molecule has 0 radical (unpaired) electrons. The summed E-state index contributed by atoms with van der Waals surface area (Å²) in [5.41, 5.74) is 10.7. The molecule has 0 unspecified atom stereocenters. The van der Waals surface area contributed by atoms with Gasteiger partial charge in [-0.05, 0) is 50.7 Å². The summed E-state index contributed by atoms with van der Waals surface area (Å²) in [6.07, 6.45) is 7.95. The number of aromatic nitrogens is 4. The van der Waals surface area contributed by atoms with Gasteiger partial charge < -0.3 is 35.1 Å². The van der Waals surface area contributed by atoms with Crippen LogP contribution in [0.2, 0.25) is 0 Å². The lowest BCUT2D eigenvalue weighted by Gasteiger charge is -2.30. The van der Waals surface area contributed by atoms with Gasteiger partial charge in [-0.3, -0.25) is 4.79 Å². The van der Waals surface area contributed by atoms with Crippen LogP contribution in [0.1, 0.15) is 75.5 Å². The van der Waals surface area contributed by atoms with E-state index < -0.39 is 5.97 Å². The number of anilines is 2. The van der Waals surface area contributed by atoms with E-state index in [9.17, 15) is 0 Å². The molecule has 13 heteroatoms. The first-order valence-corrected chi connectivity index (χ1v) is 14.9. The lowest BCUT2D eigenvalue weighted by Crippen LogP contribution is -2.38. The zero-order valence-electron chi connectivity index (χ0n) is 25.1. The summed E-state index contributed by atoms with van der Waals surface area (Å²) in [4.78, 5) is 32.6. The van der Waals surface area contributed by atoms with Crippen molar-refractivity contribution in [2.75, 3.05) is 62.8 Å². The van der Waals surface area contributed by atoms with Crippen molar-refractivity contribution in [3.8, 4) is 6.01 Å². The van der Waals surface area contributed by atoms with Crippen LogP contribution in [0, 0.1) is 0 Å². The zero-order chi connectivity index (χ0) is 30.1. The van der Waals surface area contributed by atoms with Gasteiger partial charge in [-0.25, -0.2) is 10.8 Å². The third-order valence-electron chi connectivity index (χ3n) is 7.72.